The minimum Gasteiger partial charge on any atom is -0.508 e. The van der Waals surface area contributed by atoms with E-state index in [2.05, 4.69) is 25.4 Å². The van der Waals surface area contributed by atoms with Crippen molar-refractivity contribution >= 4 is 18.0 Å². The molecule has 1 aliphatic heterocycles. The molecule has 0 aliphatic carbocycles. The molecule has 1 saturated heterocycles. The predicted molar refractivity (Wildman–Crippen MR) is 90.8 cm³/mol. The number of hydrogen-bond acceptors (Lipinski definition) is 8. The Balaban J connectivity index is 1.72. The fraction of sp³-hybridized carbons (Fsp3) is 0.312. The largest absolute Gasteiger partial charge is 0.508 e. The molecule has 2 aromatic rings. The summed E-state index contributed by atoms with van der Waals surface area (Å²) in [4.78, 5) is 11.0. The zero-order valence-corrected chi connectivity index (χ0v) is 13.3. The summed E-state index contributed by atoms with van der Waals surface area (Å²) in [6.45, 7) is 4.74. The first-order valence-electron chi connectivity index (χ1n) is 7.61. The summed E-state index contributed by atoms with van der Waals surface area (Å²) in [5.41, 5.74) is 4.16. The average Bonchev–Trinajstić information content (AvgIpc) is 2.57. The predicted octanol–water partition coefficient (Wildman–Crippen LogP) is 1.48. The molecule has 1 aromatic heterocycles. The Labute approximate surface area is 139 Å². The number of aryl methyl sites for hydroxylation is 1. The molecule has 0 spiro atoms. The summed E-state index contributed by atoms with van der Waals surface area (Å²) in [6, 6.07) is 6.09. The Morgan fingerprint density at radius 1 is 1.21 bits per heavy atom. The molecule has 24 heavy (non-hydrogen) atoms. The van der Waals surface area contributed by atoms with Gasteiger partial charge in [-0.05, 0) is 19.1 Å². The van der Waals surface area contributed by atoms with Crippen molar-refractivity contribution in [1.82, 2.24) is 9.97 Å². The summed E-state index contributed by atoms with van der Waals surface area (Å²) in [6.07, 6.45) is 1.46. The highest BCUT2D eigenvalue weighted by molar-refractivity contribution is 5.84. The normalized spacial score (nSPS) is 15.0. The number of phenolic OH excluding ortho intramolecular Hbond substituents is 2. The van der Waals surface area contributed by atoms with Gasteiger partial charge in [0.2, 0.25) is 5.95 Å². The Hall–Kier alpha value is -2.87. The Morgan fingerprint density at radius 2 is 2.00 bits per heavy atom. The summed E-state index contributed by atoms with van der Waals surface area (Å²) < 4.78 is 5.34. The zero-order valence-electron chi connectivity index (χ0n) is 13.3. The standard InChI is InChI=1S/C16H19N5O3/c1-11-8-15(19-16(18-11)21-4-6-24-7-5-21)20-17-10-12-2-3-13(22)9-14(12)23/h2-3,8-10,22-23H,4-7H2,1H3,(H,18,19,20). The Bertz CT molecular complexity index is 744. The summed E-state index contributed by atoms with van der Waals surface area (Å²) in [5, 5.41) is 23.1. The molecule has 1 fully saturated rings. The lowest BCUT2D eigenvalue weighted by atomic mass is 10.2. The molecule has 126 valence electrons. The third-order valence-electron chi connectivity index (χ3n) is 3.53. The first-order valence-corrected chi connectivity index (χ1v) is 7.61. The molecule has 3 rings (SSSR count). The average molecular weight is 329 g/mol. The van der Waals surface area contributed by atoms with Crippen molar-refractivity contribution in [3.8, 4) is 11.5 Å². The van der Waals surface area contributed by atoms with Gasteiger partial charge in [0.05, 0.1) is 19.4 Å². The number of ether oxygens (including phenoxy) is 1. The molecule has 0 radical (unpaired) electrons. The second-order valence-corrected chi connectivity index (χ2v) is 5.41. The number of nitrogens with one attached hydrogen (secondary N) is 1. The van der Waals surface area contributed by atoms with Crippen molar-refractivity contribution in [3.05, 3.63) is 35.5 Å². The minimum atomic E-state index is -0.0478. The molecular weight excluding hydrogens is 310 g/mol. The van der Waals surface area contributed by atoms with Crippen LogP contribution in [0.3, 0.4) is 0 Å². The zero-order chi connectivity index (χ0) is 16.9. The quantitative estimate of drug-likeness (QED) is 0.576. The molecule has 0 bridgehead atoms. The molecule has 8 heteroatoms. The van der Waals surface area contributed by atoms with Crippen LogP contribution in [-0.4, -0.2) is 52.7 Å². The number of benzene rings is 1. The first kappa shape index (κ1) is 16.0. The number of nitrogens with zero attached hydrogens (tertiary/aromatic N) is 4. The topological polar surface area (TPSA) is 103 Å². The van der Waals surface area contributed by atoms with E-state index in [4.69, 9.17) is 4.74 Å². The number of anilines is 2. The van der Waals surface area contributed by atoms with Crippen LogP contribution in [-0.2, 0) is 4.74 Å². The van der Waals surface area contributed by atoms with Crippen LogP contribution in [0.4, 0.5) is 11.8 Å². The Kier molecular flexibility index (Phi) is 4.76. The van der Waals surface area contributed by atoms with E-state index >= 15 is 0 Å². The van der Waals surface area contributed by atoms with Crippen LogP contribution in [0.1, 0.15) is 11.3 Å². The molecule has 3 N–H and O–H groups in total. The number of phenols is 2. The molecule has 8 nitrogen and oxygen atoms in total. The van der Waals surface area contributed by atoms with E-state index in [0.29, 0.717) is 30.5 Å². The van der Waals surface area contributed by atoms with Crippen LogP contribution in [0.25, 0.3) is 0 Å². The molecule has 0 amide bonds. The van der Waals surface area contributed by atoms with Gasteiger partial charge in [0.15, 0.2) is 5.82 Å². The van der Waals surface area contributed by atoms with Gasteiger partial charge >= 0.3 is 0 Å². The number of hydrazone groups is 1. The van der Waals surface area contributed by atoms with Crippen molar-refractivity contribution in [2.75, 3.05) is 36.6 Å². The van der Waals surface area contributed by atoms with Crippen molar-refractivity contribution in [2.24, 2.45) is 5.10 Å². The van der Waals surface area contributed by atoms with E-state index in [1.54, 1.807) is 12.1 Å². The van der Waals surface area contributed by atoms with Gasteiger partial charge in [0.1, 0.15) is 11.5 Å². The maximum absolute atomic E-state index is 9.72. The van der Waals surface area contributed by atoms with E-state index < -0.39 is 0 Å². The van der Waals surface area contributed by atoms with Crippen LogP contribution in [0, 0.1) is 6.92 Å². The molecule has 1 aromatic carbocycles. The summed E-state index contributed by atoms with van der Waals surface area (Å²) in [5.74, 6) is 1.16. The first-order chi connectivity index (χ1) is 11.6. The van der Waals surface area contributed by atoms with Gasteiger partial charge in [-0.2, -0.15) is 10.1 Å². The Morgan fingerprint density at radius 3 is 2.75 bits per heavy atom. The number of hydrogen-bond donors (Lipinski definition) is 3. The van der Waals surface area contributed by atoms with Gasteiger partial charge < -0.3 is 19.8 Å². The molecule has 1 aliphatic rings. The third-order valence-corrected chi connectivity index (χ3v) is 3.53. The van der Waals surface area contributed by atoms with Crippen molar-refractivity contribution in [3.63, 3.8) is 0 Å². The highest BCUT2D eigenvalue weighted by atomic mass is 16.5. The van der Waals surface area contributed by atoms with Gasteiger partial charge in [-0.25, -0.2) is 4.98 Å². The monoisotopic (exact) mass is 329 g/mol. The SMILES string of the molecule is Cc1cc(NN=Cc2ccc(O)cc2O)nc(N2CCOCC2)n1. The number of rotatable bonds is 4. The van der Waals surface area contributed by atoms with Crippen molar-refractivity contribution < 1.29 is 14.9 Å². The lowest BCUT2D eigenvalue weighted by Gasteiger charge is -2.27. The maximum Gasteiger partial charge on any atom is 0.227 e. The number of morpholine rings is 1. The highest BCUT2D eigenvalue weighted by Gasteiger charge is 2.14. The number of aromatic nitrogens is 2. The highest BCUT2D eigenvalue weighted by Crippen LogP contribution is 2.21. The van der Waals surface area contributed by atoms with Crippen LogP contribution in [0.2, 0.25) is 0 Å². The summed E-state index contributed by atoms with van der Waals surface area (Å²) >= 11 is 0. The van der Waals surface area contributed by atoms with Gasteiger partial charge in [-0.3, -0.25) is 5.43 Å². The van der Waals surface area contributed by atoms with E-state index in [9.17, 15) is 10.2 Å². The lowest BCUT2D eigenvalue weighted by molar-refractivity contribution is 0.122. The van der Waals surface area contributed by atoms with E-state index in [1.165, 1.54) is 18.3 Å². The molecule has 0 unspecified atom stereocenters. The third kappa shape index (κ3) is 3.90. The van der Waals surface area contributed by atoms with E-state index in [0.717, 1.165) is 18.8 Å². The van der Waals surface area contributed by atoms with E-state index in [-0.39, 0.29) is 11.5 Å². The van der Waals surface area contributed by atoms with Crippen LogP contribution >= 0.6 is 0 Å². The van der Waals surface area contributed by atoms with Crippen molar-refractivity contribution in [2.45, 2.75) is 6.92 Å². The molecule has 2 heterocycles. The second kappa shape index (κ2) is 7.14. The fourth-order valence-electron chi connectivity index (χ4n) is 2.32. The van der Waals surface area contributed by atoms with Crippen LogP contribution < -0.4 is 10.3 Å². The lowest BCUT2D eigenvalue weighted by Crippen LogP contribution is -2.37. The minimum absolute atomic E-state index is 0.000752. The second-order valence-electron chi connectivity index (χ2n) is 5.41. The smallest absolute Gasteiger partial charge is 0.227 e. The molecule has 0 saturated carbocycles. The van der Waals surface area contributed by atoms with Gasteiger partial charge in [-0.1, -0.05) is 0 Å². The molecular formula is C16H19N5O3. The van der Waals surface area contributed by atoms with Gasteiger partial charge in [0, 0.05) is 36.5 Å². The van der Waals surface area contributed by atoms with E-state index in [1.807, 2.05) is 6.92 Å². The molecule has 0 atom stereocenters. The van der Waals surface area contributed by atoms with Crippen LogP contribution in [0.5, 0.6) is 11.5 Å². The number of aromatic hydroxyl groups is 2. The maximum atomic E-state index is 9.72. The van der Waals surface area contributed by atoms with Crippen molar-refractivity contribution in [1.29, 1.82) is 0 Å². The van der Waals surface area contributed by atoms with Gasteiger partial charge in [-0.15, -0.1) is 0 Å². The fourth-order valence-corrected chi connectivity index (χ4v) is 2.32. The summed E-state index contributed by atoms with van der Waals surface area (Å²) in [7, 11) is 0. The van der Waals surface area contributed by atoms with Crippen LogP contribution in [0.15, 0.2) is 29.4 Å². The van der Waals surface area contributed by atoms with Gasteiger partial charge in [0.25, 0.3) is 0 Å².